The summed E-state index contributed by atoms with van der Waals surface area (Å²) in [5.74, 6) is -1.36. The number of carbonyl (C=O) groups excluding carboxylic acids is 4. The van der Waals surface area contributed by atoms with Crippen molar-refractivity contribution in [1.82, 2.24) is 9.80 Å². The summed E-state index contributed by atoms with van der Waals surface area (Å²) in [7, 11) is 0. The maximum atomic E-state index is 12.6. The van der Waals surface area contributed by atoms with Gasteiger partial charge >= 0.3 is 5.97 Å². The highest BCUT2D eigenvalue weighted by molar-refractivity contribution is 5.89. The highest BCUT2D eigenvalue weighted by Gasteiger charge is 2.38. The van der Waals surface area contributed by atoms with Crippen LogP contribution in [-0.4, -0.2) is 65.8 Å². The lowest BCUT2D eigenvalue weighted by Crippen LogP contribution is -2.34. The number of primary amides is 1. The molecule has 150 valence electrons. The van der Waals surface area contributed by atoms with E-state index in [2.05, 4.69) is 0 Å². The third kappa shape index (κ3) is 4.88. The summed E-state index contributed by atoms with van der Waals surface area (Å²) in [6, 6.07) is 8.57. The Bertz CT molecular complexity index is 751. The molecule has 8 heteroatoms. The lowest BCUT2D eigenvalue weighted by atomic mass is 10.0. The van der Waals surface area contributed by atoms with Crippen molar-refractivity contribution in [3.63, 3.8) is 0 Å². The molecular weight excluding hydrogens is 362 g/mol. The molecule has 2 fully saturated rings. The van der Waals surface area contributed by atoms with E-state index in [9.17, 15) is 19.2 Å². The van der Waals surface area contributed by atoms with E-state index in [1.807, 2.05) is 0 Å². The number of rotatable bonds is 7. The molecule has 2 aliphatic rings. The standard InChI is InChI=1S/C20H25N3O5/c21-17(24)11-15-12-23(19(26)8-10-22-9-4-7-18(22)25)13-16(15)28-20(27)14-5-2-1-3-6-14/h1-3,5-6,15-16H,4,7-13H2,(H2,21,24)/t15-,16+/m0/s1. The Morgan fingerprint density at radius 1 is 1.14 bits per heavy atom. The SMILES string of the molecule is NC(=O)C[C@H]1CN(C(=O)CCN2CCCC2=O)C[C@H]1OC(=O)c1ccccc1. The van der Waals surface area contributed by atoms with Gasteiger partial charge in [0.1, 0.15) is 6.10 Å². The lowest BCUT2D eigenvalue weighted by molar-refractivity contribution is -0.132. The Labute approximate surface area is 163 Å². The third-order valence-electron chi connectivity index (χ3n) is 5.23. The zero-order valence-corrected chi connectivity index (χ0v) is 15.7. The lowest BCUT2D eigenvalue weighted by Gasteiger charge is -2.19. The molecule has 3 rings (SSSR count). The molecule has 2 N–H and O–H groups in total. The fourth-order valence-electron chi connectivity index (χ4n) is 3.74. The first-order valence-electron chi connectivity index (χ1n) is 9.54. The molecule has 1 aromatic carbocycles. The minimum absolute atomic E-state index is 0.0428. The van der Waals surface area contributed by atoms with Gasteiger partial charge in [-0.15, -0.1) is 0 Å². The van der Waals surface area contributed by atoms with Gasteiger partial charge in [0, 0.05) is 44.8 Å². The van der Waals surface area contributed by atoms with Crippen LogP contribution in [0.5, 0.6) is 0 Å². The van der Waals surface area contributed by atoms with E-state index in [0.29, 0.717) is 31.6 Å². The van der Waals surface area contributed by atoms with Gasteiger partial charge < -0.3 is 20.3 Å². The molecule has 8 nitrogen and oxygen atoms in total. The molecule has 0 aromatic heterocycles. The minimum Gasteiger partial charge on any atom is -0.457 e. The van der Waals surface area contributed by atoms with Crippen molar-refractivity contribution in [3.8, 4) is 0 Å². The van der Waals surface area contributed by atoms with Crippen LogP contribution in [0.15, 0.2) is 30.3 Å². The van der Waals surface area contributed by atoms with Crippen molar-refractivity contribution >= 4 is 23.7 Å². The zero-order chi connectivity index (χ0) is 20.1. The maximum Gasteiger partial charge on any atom is 0.338 e. The molecule has 0 bridgehead atoms. The average molecular weight is 387 g/mol. The van der Waals surface area contributed by atoms with Crippen LogP contribution < -0.4 is 5.73 Å². The fourth-order valence-corrected chi connectivity index (χ4v) is 3.74. The number of hydrogen-bond acceptors (Lipinski definition) is 5. The molecule has 0 spiro atoms. The van der Waals surface area contributed by atoms with Gasteiger partial charge in [0.2, 0.25) is 17.7 Å². The van der Waals surface area contributed by atoms with E-state index in [-0.39, 0.29) is 37.1 Å². The number of amides is 3. The van der Waals surface area contributed by atoms with Gasteiger partial charge in [-0.2, -0.15) is 0 Å². The molecule has 0 saturated carbocycles. The molecule has 2 aliphatic heterocycles. The topological polar surface area (TPSA) is 110 Å². The monoisotopic (exact) mass is 387 g/mol. The molecule has 3 amide bonds. The second kappa shape index (κ2) is 8.86. The van der Waals surface area contributed by atoms with Crippen molar-refractivity contribution in [3.05, 3.63) is 35.9 Å². The average Bonchev–Trinajstić information content (AvgIpc) is 3.26. The van der Waals surface area contributed by atoms with Crippen molar-refractivity contribution < 1.29 is 23.9 Å². The molecule has 28 heavy (non-hydrogen) atoms. The molecular formula is C20H25N3O5. The fraction of sp³-hybridized carbons (Fsp3) is 0.500. The summed E-state index contributed by atoms with van der Waals surface area (Å²) in [5.41, 5.74) is 5.74. The first kappa shape index (κ1) is 19.9. The van der Waals surface area contributed by atoms with Crippen LogP contribution in [0, 0.1) is 5.92 Å². The van der Waals surface area contributed by atoms with E-state index >= 15 is 0 Å². The number of likely N-dealkylation sites (tertiary alicyclic amines) is 2. The minimum atomic E-state index is -0.586. The van der Waals surface area contributed by atoms with Crippen molar-refractivity contribution in [2.75, 3.05) is 26.2 Å². The Morgan fingerprint density at radius 3 is 2.54 bits per heavy atom. The molecule has 0 aliphatic carbocycles. The molecule has 1 aromatic rings. The number of benzene rings is 1. The van der Waals surface area contributed by atoms with E-state index in [0.717, 1.165) is 6.42 Å². The third-order valence-corrected chi connectivity index (χ3v) is 5.23. The number of nitrogens with zero attached hydrogens (tertiary/aromatic N) is 2. The zero-order valence-electron chi connectivity index (χ0n) is 15.7. The van der Waals surface area contributed by atoms with Crippen LogP contribution >= 0.6 is 0 Å². The van der Waals surface area contributed by atoms with Crippen LogP contribution in [0.4, 0.5) is 0 Å². The molecule has 2 heterocycles. The van der Waals surface area contributed by atoms with E-state index in [1.54, 1.807) is 40.1 Å². The van der Waals surface area contributed by atoms with Crippen molar-refractivity contribution in [1.29, 1.82) is 0 Å². The smallest absolute Gasteiger partial charge is 0.338 e. The molecule has 0 radical (unpaired) electrons. The van der Waals surface area contributed by atoms with Gasteiger partial charge in [-0.1, -0.05) is 18.2 Å². The van der Waals surface area contributed by atoms with Gasteiger partial charge in [0.05, 0.1) is 12.1 Å². The second-order valence-corrected chi connectivity index (χ2v) is 7.27. The summed E-state index contributed by atoms with van der Waals surface area (Å²) < 4.78 is 5.58. The van der Waals surface area contributed by atoms with Crippen LogP contribution in [-0.2, 0) is 19.1 Å². The molecule has 0 unspecified atom stereocenters. The summed E-state index contributed by atoms with van der Waals surface area (Å²) in [6.07, 6.45) is 1.04. The van der Waals surface area contributed by atoms with Crippen LogP contribution in [0.1, 0.15) is 36.0 Å². The van der Waals surface area contributed by atoms with Crippen molar-refractivity contribution in [2.45, 2.75) is 31.8 Å². The van der Waals surface area contributed by atoms with Crippen molar-refractivity contribution in [2.24, 2.45) is 11.7 Å². The molecule has 2 saturated heterocycles. The normalized spacial score (nSPS) is 21.8. The highest BCUT2D eigenvalue weighted by Crippen LogP contribution is 2.25. The summed E-state index contributed by atoms with van der Waals surface area (Å²) in [4.78, 5) is 51.3. The van der Waals surface area contributed by atoms with Gasteiger partial charge in [0.25, 0.3) is 0 Å². The number of nitrogens with two attached hydrogens (primary N) is 1. The Kier molecular flexibility index (Phi) is 6.28. The van der Waals surface area contributed by atoms with E-state index in [4.69, 9.17) is 10.5 Å². The summed E-state index contributed by atoms with van der Waals surface area (Å²) in [5, 5.41) is 0. The van der Waals surface area contributed by atoms with Gasteiger partial charge in [0.15, 0.2) is 0 Å². The quantitative estimate of drug-likeness (QED) is 0.688. The number of hydrogen-bond donors (Lipinski definition) is 1. The Hall–Kier alpha value is -2.90. The summed E-state index contributed by atoms with van der Waals surface area (Å²) >= 11 is 0. The molecule has 2 atom stereocenters. The van der Waals surface area contributed by atoms with Gasteiger partial charge in [-0.25, -0.2) is 4.79 Å². The van der Waals surface area contributed by atoms with Crippen LogP contribution in [0.3, 0.4) is 0 Å². The predicted molar refractivity (Wildman–Crippen MR) is 100.0 cm³/mol. The first-order chi connectivity index (χ1) is 13.4. The van der Waals surface area contributed by atoms with Crippen LogP contribution in [0.25, 0.3) is 0 Å². The second-order valence-electron chi connectivity index (χ2n) is 7.27. The maximum absolute atomic E-state index is 12.6. The first-order valence-corrected chi connectivity index (χ1v) is 9.54. The number of ether oxygens (including phenoxy) is 1. The summed E-state index contributed by atoms with van der Waals surface area (Å²) in [6.45, 7) is 1.61. The van der Waals surface area contributed by atoms with Crippen LogP contribution in [0.2, 0.25) is 0 Å². The number of esters is 1. The highest BCUT2D eigenvalue weighted by atomic mass is 16.5. The van der Waals surface area contributed by atoms with E-state index in [1.165, 1.54) is 0 Å². The number of carbonyl (C=O) groups is 4. The van der Waals surface area contributed by atoms with Gasteiger partial charge in [-0.05, 0) is 18.6 Å². The van der Waals surface area contributed by atoms with Gasteiger partial charge in [-0.3, -0.25) is 14.4 Å². The largest absolute Gasteiger partial charge is 0.457 e. The Morgan fingerprint density at radius 2 is 1.89 bits per heavy atom. The van der Waals surface area contributed by atoms with E-state index < -0.39 is 18.0 Å². The predicted octanol–water partition coefficient (Wildman–Crippen LogP) is 0.558. The Balaban J connectivity index is 1.59.